The van der Waals surface area contributed by atoms with Gasteiger partial charge in [0.05, 0.1) is 17.8 Å². The Morgan fingerprint density at radius 1 is 1.10 bits per heavy atom. The van der Waals surface area contributed by atoms with Crippen molar-refractivity contribution in [2.45, 2.75) is 31.7 Å². The van der Waals surface area contributed by atoms with E-state index in [2.05, 4.69) is 55.8 Å². The molecule has 1 aliphatic heterocycles. The fraction of sp³-hybridized carbons (Fsp3) is 0.417. The van der Waals surface area contributed by atoms with E-state index in [4.69, 9.17) is 4.42 Å². The maximum Gasteiger partial charge on any atom is 0.191 e. The summed E-state index contributed by atoms with van der Waals surface area (Å²) in [7, 11) is 1.82. The van der Waals surface area contributed by atoms with Crippen molar-refractivity contribution in [3.63, 3.8) is 0 Å². The van der Waals surface area contributed by atoms with Crippen molar-refractivity contribution in [1.82, 2.24) is 20.5 Å². The Hall–Kier alpha value is -2.13. The number of para-hydroxylation sites is 1. The lowest BCUT2D eigenvalue weighted by Gasteiger charge is -2.33. The number of furan rings is 1. The van der Waals surface area contributed by atoms with Crippen molar-refractivity contribution in [3.05, 3.63) is 66.2 Å². The van der Waals surface area contributed by atoms with Crippen LogP contribution in [0.25, 0.3) is 10.9 Å². The largest absolute Gasteiger partial charge is 0.468 e. The third kappa shape index (κ3) is 6.20. The lowest BCUT2D eigenvalue weighted by molar-refractivity contribution is 0.146. The summed E-state index contributed by atoms with van der Waals surface area (Å²) in [4.78, 5) is 11.5. The van der Waals surface area contributed by atoms with Crippen LogP contribution >= 0.6 is 24.0 Å². The van der Waals surface area contributed by atoms with E-state index in [9.17, 15) is 0 Å². The van der Waals surface area contributed by atoms with Gasteiger partial charge in [-0.2, -0.15) is 0 Å². The summed E-state index contributed by atoms with van der Waals surface area (Å²) in [6, 6.07) is 14.7. The first kappa shape index (κ1) is 23.5. The van der Waals surface area contributed by atoms with Crippen LogP contribution in [0.15, 0.2) is 64.3 Å². The van der Waals surface area contributed by atoms with Crippen molar-refractivity contribution in [2.24, 2.45) is 4.99 Å². The molecule has 7 heteroatoms. The number of likely N-dealkylation sites (tertiary alicyclic amines) is 1. The van der Waals surface area contributed by atoms with E-state index in [1.807, 2.05) is 25.4 Å². The van der Waals surface area contributed by atoms with Crippen molar-refractivity contribution in [3.8, 4) is 0 Å². The van der Waals surface area contributed by atoms with Gasteiger partial charge in [0, 0.05) is 31.7 Å². The Morgan fingerprint density at radius 3 is 2.71 bits per heavy atom. The first-order valence-corrected chi connectivity index (χ1v) is 10.9. The number of benzene rings is 1. The van der Waals surface area contributed by atoms with Gasteiger partial charge in [-0.05, 0) is 56.1 Å². The summed E-state index contributed by atoms with van der Waals surface area (Å²) in [5, 5.41) is 8.13. The van der Waals surface area contributed by atoms with Crippen LogP contribution in [0.5, 0.6) is 0 Å². The third-order valence-corrected chi connectivity index (χ3v) is 5.79. The standard InChI is InChI=1S/C24H31N5O.HI/c1-25-24(27-14-12-20-9-5-8-19-10-6-13-26-23(19)20)28-18-21(22-11-7-17-30-22)29-15-3-2-4-16-29;/h5-11,13,17,21H,2-4,12,14-16,18H2,1H3,(H2,25,27,28);1H. The molecule has 31 heavy (non-hydrogen) atoms. The molecule has 1 fully saturated rings. The van der Waals surface area contributed by atoms with Gasteiger partial charge in [-0.3, -0.25) is 14.9 Å². The second-order valence-corrected chi connectivity index (χ2v) is 7.75. The van der Waals surface area contributed by atoms with Crippen LogP contribution in [0.1, 0.15) is 36.6 Å². The average Bonchev–Trinajstić information content (AvgIpc) is 3.33. The van der Waals surface area contributed by atoms with Gasteiger partial charge in [0.25, 0.3) is 0 Å². The molecule has 1 unspecified atom stereocenters. The van der Waals surface area contributed by atoms with Gasteiger partial charge in [-0.1, -0.05) is 30.7 Å². The SMILES string of the molecule is CN=C(NCCc1cccc2cccnc12)NCC(c1ccco1)N1CCCCC1.I. The highest BCUT2D eigenvalue weighted by atomic mass is 127. The molecule has 0 aliphatic carbocycles. The topological polar surface area (TPSA) is 65.7 Å². The van der Waals surface area contributed by atoms with E-state index in [1.54, 1.807) is 6.26 Å². The summed E-state index contributed by atoms with van der Waals surface area (Å²) in [6.45, 7) is 3.80. The number of aliphatic imine (C=N–C) groups is 1. The molecule has 0 amide bonds. The molecule has 1 atom stereocenters. The number of pyridine rings is 1. The predicted molar refractivity (Wildman–Crippen MR) is 137 cm³/mol. The summed E-state index contributed by atoms with van der Waals surface area (Å²) in [5.74, 6) is 1.83. The maximum atomic E-state index is 5.75. The molecule has 2 aromatic heterocycles. The number of piperidine rings is 1. The van der Waals surface area contributed by atoms with Gasteiger partial charge in [0.1, 0.15) is 5.76 Å². The molecule has 1 aromatic carbocycles. The van der Waals surface area contributed by atoms with E-state index in [0.717, 1.165) is 49.8 Å². The van der Waals surface area contributed by atoms with Crippen molar-refractivity contribution >= 4 is 40.8 Å². The second kappa shape index (κ2) is 12.0. The maximum absolute atomic E-state index is 5.75. The number of fused-ring (bicyclic) bond motifs is 1. The van der Waals surface area contributed by atoms with Crippen molar-refractivity contribution < 1.29 is 4.42 Å². The zero-order chi connectivity index (χ0) is 20.6. The van der Waals surface area contributed by atoms with Crippen molar-refractivity contribution in [1.29, 1.82) is 0 Å². The number of guanidine groups is 1. The lowest BCUT2D eigenvalue weighted by Crippen LogP contribution is -2.44. The fourth-order valence-corrected chi connectivity index (χ4v) is 4.22. The van der Waals surface area contributed by atoms with Crippen LogP contribution in [0.2, 0.25) is 0 Å². The molecule has 166 valence electrons. The fourth-order valence-electron chi connectivity index (χ4n) is 4.22. The molecule has 0 bridgehead atoms. The first-order chi connectivity index (χ1) is 14.8. The summed E-state index contributed by atoms with van der Waals surface area (Å²) >= 11 is 0. The van der Waals surface area contributed by atoms with Crippen LogP contribution < -0.4 is 10.6 Å². The molecule has 3 aromatic rings. The zero-order valence-electron chi connectivity index (χ0n) is 18.1. The molecule has 1 aliphatic rings. The van der Waals surface area contributed by atoms with Crippen LogP contribution in [-0.4, -0.2) is 49.1 Å². The number of nitrogens with zero attached hydrogens (tertiary/aromatic N) is 3. The molecular formula is C24H32IN5O. The molecule has 0 radical (unpaired) electrons. The minimum absolute atomic E-state index is 0. The van der Waals surface area contributed by atoms with Crippen molar-refractivity contribution in [2.75, 3.05) is 33.2 Å². The van der Waals surface area contributed by atoms with Gasteiger partial charge in [-0.15, -0.1) is 24.0 Å². The van der Waals surface area contributed by atoms with E-state index < -0.39 is 0 Å². The highest BCUT2D eigenvalue weighted by molar-refractivity contribution is 14.0. The van der Waals surface area contributed by atoms with E-state index >= 15 is 0 Å². The van der Waals surface area contributed by atoms with Gasteiger partial charge in [0.15, 0.2) is 5.96 Å². The van der Waals surface area contributed by atoms with Crippen LogP contribution in [0.3, 0.4) is 0 Å². The van der Waals surface area contributed by atoms with Crippen LogP contribution in [0, 0.1) is 0 Å². The number of rotatable bonds is 7. The predicted octanol–water partition coefficient (Wildman–Crippen LogP) is 4.38. The summed E-state index contributed by atoms with van der Waals surface area (Å²) < 4.78 is 5.75. The minimum Gasteiger partial charge on any atom is -0.468 e. The third-order valence-electron chi connectivity index (χ3n) is 5.79. The quantitative estimate of drug-likeness (QED) is 0.268. The average molecular weight is 533 g/mol. The van der Waals surface area contributed by atoms with E-state index in [0.29, 0.717) is 0 Å². The molecule has 2 N–H and O–H groups in total. The van der Waals surface area contributed by atoms with Gasteiger partial charge in [0.2, 0.25) is 0 Å². The van der Waals surface area contributed by atoms with Gasteiger partial charge >= 0.3 is 0 Å². The normalized spacial score (nSPS) is 16.0. The number of hydrogen-bond acceptors (Lipinski definition) is 4. The molecule has 0 spiro atoms. The van der Waals surface area contributed by atoms with Gasteiger partial charge < -0.3 is 15.1 Å². The second-order valence-electron chi connectivity index (χ2n) is 7.75. The number of aromatic nitrogens is 1. The molecule has 1 saturated heterocycles. The number of hydrogen-bond donors (Lipinski definition) is 2. The Labute approximate surface area is 201 Å². The number of halogens is 1. The summed E-state index contributed by atoms with van der Waals surface area (Å²) in [6.07, 6.45) is 8.34. The lowest BCUT2D eigenvalue weighted by atomic mass is 10.1. The van der Waals surface area contributed by atoms with Crippen LogP contribution in [-0.2, 0) is 6.42 Å². The first-order valence-electron chi connectivity index (χ1n) is 10.9. The summed E-state index contributed by atoms with van der Waals surface area (Å²) in [5.41, 5.74) is 2.32. The molecule has 0 saturated carbocycles. The molecular weight excluding hydrogens is 501 g/mol. The Kier molecular flexibility index (Phi) is 9.14. The van der Waals surface area contributed by atoms with Crippen LogP contribution in [0.4, 0.5) is 0 Å². The monoisotopic (exact) mass is 533 g/mol. The highest BCUT2D eigenvalue weighted by Crippen LogP contribution is 2.24. The Balaban J connectivity index is 0.00000272. The van der Waals surface area contributed by atoms with E-state index in [1.165, 1.54) is 30.2 Å². The number of nitrogens with one attached hydrogen (secondary N) is 2. The molecule has 4 rings (SSSR count). The highest BCUT2D eigenvalue weighted by Gasteiger charge is 2.24. The van der Waals surface area contributed by atoms with E-state index in [-0.39, 0.29) is 30.0 Å². The molecule has 3 heterocycles. The minimum atomic E-state index is 0. The molecule has 6 nitrogen and oxygen atoms in total. The smallest absolute Gasteiger partial charge is 0.191 e. The Bertz CT molecular complexity index is 948. The zero-order valence-corrected chi connectivity index (χ0v) is 20.4. The van der Waals surface area contributed by atoms with Gasteiger partial charge in [-0.25, -0.2) is 0 Å². The Morgan fingerprint density at radius 2 is 1.94 bits per heavy atom.